The Bertz CT molecular complexity index is 1000. The molecule has 2 aromatic carbocycles. The summed E-state index contributed by atoms with van der Waals surface area (Å²) in [4.78, 5) is 28.7. The van der Waals surface area contributed by atoms with E-state index in [9.17, 15) is 9.59 Å². The van der Waals surface area contributed by atoms with E-state index in [1.807, 2.05) is 79.0 Å². The second-order valence-electron chi connectivity index (χ2n) is 7.53. The first-order valence-electron chi connectivity index (χ1n) is 10.4. The number of amides is 1. The van der Waals surface area contributed by atoms with Gasteiger partial charge in [-0.05, 0) is 49.1 Å². The molecule has 0 N–H and O–H groups in total. The highest BCUT2D eigenvalue weighted by Crippen LogP contribution is 2.42. The van der Waals surface area contributed by atoms with Crippen LogP contribution in [0.1, 0.15) is 29.3 Å². The van der Waals surface area contributed by atoms with Crippen LogP contribution in [0.3, 0.4) is 0 Å². The zero-order valence-electron chi connectivity index (χ0n) is 17.4. The van der Waals surface area contributed by atoms with Crippen LogP contribution in [-0.4, -0.2) is 25.1 Å². The van der Waals surface area contributed by atoms with Crippen molar-refractivity contribution in [3.05, 3.63) is 82.6 Å². The molecule has 0 radical (unpaired) electrons. The number of carbonyl (C=O) groups excluding carboxylic acids is 2. The van der Waals surface area contributed by atoms with E-state index in [0.717, 1.165) is 21.9 Å². The highest BCUT2D eigenvalue weighted by atomic mass is 32.1. The summed E-state index contributed by atoms with van der Waals surface area (Å²) in [6, 6.07) is 20.8. The van der Waals surface area contributed by atoms with Gasteiger partial charge in [0, 0.05) is 17.0 Å². The van der Waals surface area contributed by atoms with Gasteiger partial charge < -0.3 is 14.4 Å². The number of thiophene rings is 1. The summed E-state index contributed by atoms with van der Waals surface area (Å²) in [5.41, 5.74) is 1.93. The maximum absolute atomic E-state index is 13.0. The number of benzene rings is 2. The molecule has 1 aliphatic rings. The zero-order valence-corrected chi connectivity index (χ0v) is 18.2. The molecule has 4 rings (SSSR count). The average Bonchev–Trinajstić information content (AvgIpc) is 3.32. The predicted molar refractivity (Wildman–Crippen MR) is 121 cm³/mol. The van der Waals surface area contributed by atoms with E-state index in [-0.39, 0.29) is 31.1 Å². The minimum absolute atomic E-state index is 0.0266. The maximum Gasteiger partial charge on any atom is 0.311 e. The van der Waals surface area contributed by atoms with Gasteiger partial charge in [-0.3, -0.25) is 9.59 Å². The molecule has 0 spiro atoms. The normalized spacial score (nSPS) is 18.6. The van der Waals surface area contributed by atoms with Crippen molar-refractivity contribution in [1.82, 2.24) is 0 Å². The smallest absolute Gasteiger partial charge is 0.311 e. The van der Waals surface area contributed by atoms with Crippen molar-refractivity contribution in [1.29, 1.82) is 0 Å². The quantitative estimate of drug-likeness (QED) is 0.380. The molecule has 0 aliphatic carbocycles. The van der Waals surface area contributed by atoms with Gasteiger partial charge in [0.2, 0.25) is 5.91 Å². The molecule has 1 fully saturated rings. The number of anilines is 1. The fraction of sp³-hybridized carbons (Fsp3) is 0.280. The molecule has 160 valence electrons. The molecular weight excluding hydrogens is 410 g/mol. The Kier molecular flexibility index (Phi) is 6.67. The third kappa shape index (κ3) is 4.97. The Morgan fingerprint density at radius 2 is 1.81 bits per heavy atom. The summed E-state index contributed by atoms with van der Waals surface area (Å²) >= 11 is 1.55. The molecule has 3 aromatic rings. The average molecular weight is 436 g/mol. The van der Waals surface area contributed by atoms with Crippen LogP contribution in [0.5, 0.6) is 5.75 Å². The largest absolute Gasteiger partial charge is 0.490 e. The van der Waals surface area contributed by atoms with Gasteiger partial charge >= 0.3 is 5.97 Å². The molecule has 0 unspecified atom stereocenters. The Balaban J connectivity index is 1.49. The van der Waals surface area contributed by atoms with Crippen LogP contribution in [0.2, 0.25) is 0 Å². The van der Waals surface area contributed by atoms with Crippen molar-refractivity contribution in [2.45, 2.75) is 25.8 Å². The number of esters is 1. The summed E-state index contributed by atoms with van der Waals surface area (Å²) in [6.45, 7) is 2.46. The molecule has 2 heterocycles. The van der Waals surface area contributed by atoms with E-state index in [4.69, 9.17) is 9.47 Å². The first kappa shape index (κ1) is 21.1. The van der Waals surface area contributed by atoms with E-state index in [0.29, 0.717) is 12.8 Å². The summed E-state index contributed by atoms with van der Waals surface area (Å²) in [5.74, 6) is 0.0524. The topological polar surface area (TPSA) is 55.8 Å². The highest BCUT2D eigenvalue weighted by molar-refractivity contribution is 7.10. The van der Waals surface area contributed by atoms with Crippen molar-refractivity contribution >= 4 is 28.9 Å². The van der Waals surface area contributed by atoms with Crippen LogP contribution in [0, 0.1) is 12.8 Å². The summed E-state index contributed by atoms with van der Waals surface area (Å²) < 4.78 is 11.2. The van der Waals surface area contributed by atoms with Crippen molar-refractivity contribution in [3.8, 4) is 5.75 Å². The number of hydrogen-bond donors (Lipinski definition) is 0. The van der Waals surface area contributed by atoms with Crippen LogP contribution < -0.4 is 9.64 Å². The molecule has 1 aromatic heterocycles. The lowest BCUT2D eigenvalue weighted by molar-refractivity contribution is -0.151. The van der Waals surface area contributed by atoms with Gasteiger partial charge in [0.05, 0.1) is 12.0 Å². The summed E-state index contributed by atoms with van der Waals surface area (Å²) in [7, 11) is 0. The molecule has 2 atom stereocenters. The van der Waals surface area contributed by atoms with Crippen molar-refractivity contribution in [2.24, 2.45) is 5.92 Å². The first-order chi connectivity index (χ1) is 15.1. The molecule has 5 nitrogen and oxygen atoms in total. The Labute approximate surface area is 186 Å². The number of piperidine rings is 1. The fourth-order valence-electron chi connectivity index (χ4n) is 3.86. The zero-order chi connectivity index (χ0) is 21.6. The van der Waals surface area contributed by atoms with Crippen LogP contribution >= 0.6 is 11.3 Å². The van der Waals surface area contributed by atoms with Crippen LogP contribution in [0.25, 0.3) is 0 Å². The monoisotopic (exact) mass is 435 g/mol. The first-order valence-corrected chi connectivity index (χ1v) is 11.3. The van der Waals surface area contributed by atoms with Gasteiger partial charge in [0.25, 0.3) is 0 Å². The summed E-state index contributed by atoms with van der Waals surface area (Å²) in [5, 5.41) is 1.97. The van der Waals surface area contributed by atoms with Crippen LogP contribution in [-0.2, 0) is 14.3 Å². The second kappa shape index (κ2) is 9.79. The second-order valence-corrected chi connectivity index (χ2v) is 8.51. The van der Waals surface area contributed by atoms with E-state index in [1.165, 1.54) is 0 Å². The number of nitrogens with zero attached hydrogens (tertiary/aromatic N) is 1. The summed E-state index contributed by atoms with van der Waals surface area (Å²) in [6.07, 6.45) is 0.790. The Morgan fingerprint density at radius 1 is 1.03 bits per heavy atom. The van der Waals surface area contributed by atoms with Crippen molar-refractivity contribution < 1.29 is 19.1 Å². The molecular formula is C25H25NO4S. The molecule has 1 amide bonds. The van der Waals surface area contributed by atoms with Gasteiger partial charge in [-0.2, -0.15) is 0 Å². The van der Waals surface area contributed by atoms with Crippen molar-refractivity contribution in [2.75, 3.05) is 18.1 Å². The van der Waals surface area contributed by atoms with Gasteiger partial charge in [0.1, 0.15) is 19.0 Å². The Hall–Kier alpha value is -3.12. The third-order valence-corrected chi connectivity index (χ3v) is 6.33. The molecule has 0 saturated carbocycles. The van der Waals surface area contributed by atoms with E-state index >= 15 is 0 Å². The highest BCUT2D eigenvalue weighted by Gasteiger charge is 2.42. The predicted octanol–water partition coefficient (Wildman–Crippen LogP) is 5.16. The fourth-order valence-corrected chi connectivity index (χ4v) is 4.74. The minimum Gasteiger partial charge on any atom is -0.490 e. The Morgan fingerprint density at radius 3 is 2.52 bits per heavy atom. The molecule has 6 heteroatoms. The van der Waals surface area contributed by atoms with Crippen molar-refractivity contribution in [3.63, 3.8) is 0 Å². The van der Waals surface area contributed by atoms with Gasteiger partial charge in [-0.25, -0.2) is 0 Å². The number of rotatable bonds is 7. The third-order valence-electron chi connectivity index (χ3n) is 5.39. The van der Waals surface area contributed by atoms with Crippen LogP contribution in [0.4, 0.5) is 5.69 Å². The molecule has 0 bridgehead atoms. The minimum atomic E-state index is -0.422. The lowest BCUT2D eigenvalue weighted by atomic mass is 9.87. The van der Waals surface area contributed by atoms with E-state index in [2.05, 4.69) is 0 Å². The van der Waals surface area contributed by atoms with Gasteiger partial charge in [-0.1, -0.05) is 42.0 Å². The number of carbonyl (C=O) groups is 2. The maximum atomic E-state index is 13.0. The SMILES string of the molecule is Cc1ccc(N2C(=O)CC[C@H](C(=O)OCCOc3ccccc3)[C@@H]2c2cccs2)cc1. The number of aryl methyl sites for hydroxylation is 1. The lowest BCUT2D eigenvalue weighted by Crippen LogP contribution is -2.45. The molecule has 1 aliphatic heterocycles. The number of ether oxygens (including phenoxy) is 2. The molecule has 1 saturated heterocycles. The van der Waals surface area contributed by atoms with E-state index < -0.39 is 5.92 Å². The number of hydrogen-bond acceptors (Lipinski definition) is 5. The van der Waals surface area contributed by atoms with Gasteiger partial charge in [0.15, 0.2) is 0 Å². The van der Waals surface area contributed by atoms with E-state index in [1.54, 1.807) is 16.2 Å². The number of para-hydroxylation sites is 1. The molecule has 31 heavy (non-hydrogen) atoms. The van der Waals surface area contributed by atoms with Crippen LogP contribution in [0.15, 0.2) is 72.1 Å². The van der Waals surface area contributed by atoms with Gasteiger partial charge in [-0.15, -0.1) is 11.3 Å². The lowest BCUT2D eigenvalue weighted by Gasteiger charge is -2.39. The standard InChI is InChI=1S/C25H25NO4S/c1-18-9-11-19(12-10-18)26-23(27)14-13-21(24(26)22-8-5-17-31-22)25(28)30-16-15-29-20-6-3-2-4-7-20/h2-12,17,21,24H,13-16H2,1H3/t21-,24+/m0/s1.